The van der Waals surface area contributed by atoms with Crippen molar-refractivity contribution in [1.82, 2.24) is 4.98 Å². The van der Waals surface area contributed by atoms with Crippen molar-refractivity contribution in [2.75, 3.05) is 12.4 Å². The minimum atomic E-state index is -3.40. The molecule has 2 aromatic rings. The normalized spacial score (nSPS) is 13.2. The van der Waals surface area contributed by atoms with Crippen LogP contribution in [-0.4, -0.2) is 25.8 Å². The Morgan fingerprint density at radius 1 is 1.24 bits per heavy atom. The van der Waals surface area contributed by atoms with Gasteiger partial charge in [0.2, 0.25) is 9.05 Å². The zero-order chi connectivity index (χ0) is 15.3. The summed E-state index contributed by atoms with van der Waals surface area (Å²) >= 11 is 0. The Labute approximate surface area is 129 Å². The molecule has 6 heteroatoms. The minimum Gasteiger partial charge on any atom is -0.491 e. The standard InChI is InChI=1S/C15H18ClNO3S/c1-12(8-11-21(16,18)19)7-10-20-14-6-2-4-13-5-3-9-17-15(13)14/h2-6,9,12H,7-8,10-11H2,1H3. The molecule has 2 rings (SSSR count). The lowest BCUT2D eigenvalue weighted by atomic mass is 10.1. The van der Waals surface area contributed by atoms with E-state index in [1.807, 2.05) is 37.3 Å². The molecule has 114 valence electrons. The van der Waals surface area contributed by atoms with Crippen LogP contribution in [0.5, 0.6) is 5.75 Å². The predicted molar refractivity (Wildman–Crippen MR) is 85.3 cm³/mol. The first-order chi connectivity index (χ1) is 9.96. The van der Waals surface area contributed by atoms with E-state index >= 15 is 0 Å². The predicted octanol–water partition coefficient (Wildman–Crippen LogP) is 3.60. The van der Waals surface area contributed by atoms with Crippen molar-refractivity contribution in [3.05, 3.63) is 36.5 Å². The molecule has 1 unspecified atom stereocenters. The van der Waals surface area contributed by atoms with E-state index in [1.165, 1.54) is 0 Å². The topological polar surface area (TPSA) is 56.3 Å². The van der Waals surface area contributed by atoms with Gasteiger partial charge in [0, 0.05) is 22.3 Å². The highest BCUT2D eigenvalue weighted by Crippen LogP contribution is 2.23. The summed E-state index contributed by atoms with van der Waals surface area (Å²) in [4.78, 5) is 4.33. The fourth-order valence-electron chi connectivity index (χ4n) is 2.05. The van der Waals surface area contributed by atoms with Crippen molar-refractivity contribution < 1.29 is 13.2 Å². The van der Waals surface area contributed by atoms with Crippen molar-refractivity contribution in [1.29, 1.82) is 0 Å². The van der Waals surface area contributed by atoms with Crippen molar-refractivity contribution in [2.24, 2.45) is 5.92 Å². The lowest BCUT2D eigenvalue weighted by Crippen LogP contribution is -2.08. The van der Waals surface area contributed by atoms with Crippen LogP contribution in [-0.2, 0) is 9.05 Å². The average Bonchev–Trinajstić information content (AvgIpc) is 2.45. The summed E-state index contributed by atoms with van der Waals surface area (Å²) in [6.07, 6.45) is 3.06. The van der Waals surface area contributed by atoms with Crippen LogP contribution < -0.4 is 4.74 Å². The molecule has 0 aliphatic carbocycles. The van der Waals surface area contributed by atoms with E-state index in [0.29, 0.717) is 13.0 Å². The molecule has 0 spiro atoms. The Bertz CT molecular complexity index is 698. The van der Waals surface area contributed by atoms with E-state index in [2.05, 4.69) is 4.98 Å². The van der Waals surface area contributed by atoms with Gasteiger partial charge in [-0.1, -0.05) is 25.1 Å². The van der Waals surface area contributed by atoms with E-state index in [4.69, 9.17) is 15.4 Å². The van der Waals surface area contributed by atoms with E-state index in [1.54, 1.807) is 6.20 Å². The van der Waals surface area contributed by atoms with Gasteiger partial charge in [0.15, 0.2) is 0 Å². The molecule has 1 heterocycles. The molecule has 0 N–H and O–H groups in total. The molecule has 0 saturated carbocycles. The Kier molecular flexibility index (Phi) is 5.42. The Morgan fingerprint density at radius 2 is 2.00 bits per heavy atom. The highest BCUT2D eigenvalue weighted by molar-refractivity contribution is 8.13. The van der Waals surface area contributed by atoms with Gasteiger partial charge in [0.25, 0.3) is 0 Å². The molecule has 21 heavy (non-hydrogen) atoms. The van der Waals surface area contributed by atoms with E-state index < -0.39 is 9.05 Å². The van der Waals surface area contributed by atoms with E-state index in [0.717, 1.165) is 23.1 Å². The maximum absolute atomic E-state index is 10.9. The van der Waals surface area contributed by atoms with Gasteiger partial charge in [-0.15, -0.1) is 0 Å². The summed E-state index contributed by atoms with van der Waals surface area (Å²) in [7, 11) is 1.80. The van der Waals surface area contributed by atoms with Gasteiger partial charge in [-0.3, -0.25) is 4.98 Å². The third-order valence-electron chi connectivity index (χ3n) is 3.32. The van der Waals surface area contributed by atoms with E-state index in [-0.39, 0.29) is 11.7 Å². The van der Waals surface area contributed by atoms with Crippen LogP contribution in [0.25, 0.3) is 10.9 Å². The number of ether oxygens (including phenoxy) is 1. The fraction of sp³-hybridized carbons (Fsp3) is 0.400. The number of halogens is 1. The van der Waals surface area contributed by atoms with Gasteiger partial charge in [0.05, 0.1) is 12.4 Å². The number of hydrogen-bond acceptors (Lipinski definition) is 4. The number of para-hydroxylation sites is 1. The molecule has 0 saturated heterocycles. The third-order valence-corrected chi connectivity index (χ3v) is 4.50. The highest BCUT2D eigenvalue weighted by atomic mass is 35.7. The highest BCUT2D eigenvalue weighted by Gasteiger charge is 2.10. The lowest BCUT2D eigenvalue weighted by molar-refractivity contribution is 0.284. The first-order valence-electron chi connectivity index (χ1n) is 6.84. The van der Waals surface area contributed by atoms with Crippen LogP contribution in [0.3, 0.4) is 0 Å². The fourth-order valence-corrected chi connectivity index (χ4v) is 3.00. The van der Waals surface area contributed by atoms with Crippen LogP contribution in [0.2, 0.25) is 0 Å². The number of pyridine rings is 1. The van der Waals surface area contributed by atoms with Crippen LogP contribution in [0.4, 0.5) is 0 Å². The number of rotatable bonds is 7. The van der Waals surface area contributed by atoms with Crippen molar-refractivity contribution >= 4 is 30.6 Å². The molecule has 4 nitrogen and oxygen atoms in total. The number of hydrogen-bond donors (Lipinski definition) is 0. The summed E-state index contributed by atoms with van der Waals surface area (Å²) < 4.78 is 27.6. The molecular weight excluding hydrogens is 310 g/mol. The lowest BCUT2D eigenvalue weighted by Gasteiger charge is -2.12. The second kappa shape index (κ2) is 7.09. The van der Waals surface area contributed by atoms with Crippen LogP contribution in [0.1, 0.15) is 19.8 Å². The maximum Gasteiger partial charge on any atom is 0.232 e. The van der Waals surface area contributed by atoms with Gasteiger partial charge < -0.3 is 4.74 Å². The molecule has 0 amide bonds. The quantitative estimate of drug-likeness (QED) is 0.729. The molecule has 0 aliphatic heterocycles. The largest absolute Gasteiger partial charge is 0.491 e. The molecule has 0 bridgehead atoms. The Hall–Kier alpha value is -1.33. The van der Waals surface area contributed by atoms with Crippen molar-refractivity contribution in [3.8, 4) is 5.75 Å². The van der Waals surface area contributed by atoms with Crippen molar-refractivity contribution in [3.63, 3.8) is 0 Å². The maximum atomic E-state index is 10.9. The third kappa shape index (κ3) is 5.17. The zero-order valence-electron chi connectivity index (χ0n) is 11.8. The van der Waals surface area contributed by atoms with Gasteiger partial charge in [-0.25, -0.2) is 8.42 Å². The monoisotopic (exact) mass is 327 g/mol. The molecular formula is C15H18ClNO3S. The molecule has 1 aromatic carbocycles. The number of benzene rings is 1. The summed E-state index contributed by atoms with van der Waals surface area (Å²) in [5.41, 5.74) is 0.844. The van der Waals surface area contributed by atoms with Gasteiger partial charge in [-0.05, 0) is 30.9 Å². The van der Waals surface area contributed by atoms with Gasteiger partial charge in [0.1, 0.15) is 11.3 Å². The molecule has 0 fully saturated rings. The van der Waals surface area contributed by atoms with E-state index in [9.17, 15) is 8.42 Å². The van der Waals surface area contributed by atoms with Crippen LogP contribution in [0.15, 0.2) is 36.5 Å². The number of nitrogens with zero attached hydrogens (tertiary/aromatic N) is 1. The molecule has 1 atom stereocenters. The second-order valence-corrected chi connectivity index (χ2v) is 8.00. The van der Waals surface area contributed by atoms with Crippen molar-refractivity contribution in [2.45, 2.75) is 19.8 Å². The molecule has 1 aromatic heterocycles. The Balaban J connectivity index is 1.88. The molecule has 0 aliphatic rings. The number of fused-ring (bicyclic) bond motifs is 1. The minimum absolute atomic E-state index is 0.00550. The zero-order valence-corrected chi connectivity index (χ0v) is 13.4. The van der Waals surface area contributed by atoms with Gasteiger partial charge >= 0.3 is 0 Å². The van der Waals surface area contributed by atoms with Crippen LogP contribution in [0, 0.1) is 5.92 Å². The second-order valence-electron chi connectivity index (χ2n) is 5.11. The first kappa shape index (κ1) is 16.0. The summed E-state index contributed by atoms with van der Waals surface area (Å²) in [6.45, 7) is 2.52. The Morgan fingerprint density at radius 3 is 2.76 bits per heavy atom. The van der Waals surface area contributed by atoms with Crippen LogP contribution >= 0.6 is 10.7 Å². The summed E-state index contributed by atoms with van der Waals surface area (Å²) in [5, 5.41) is 1.04. The average molecular weight is 328 g/mol. The number of aromatic nitrogens is 1. The molecule has 0 radical (unpaired) electrons. The summed E-state index contributed by atoms with van der Waals surface area (Å²) in [5.74, 6) is 0.998. The smallest absolute Gasteiger partial charge is 0.232 e. The summed E-state index contributed by atoms with van der Waals surface area (Å²) in [6, 6.07) is 9.69. The van der Waals surface area contributed by atoms with Gasteiger partial charge in [-0.2, -0.15) is 0 Å². The SMILES string of the molecule is CC(CCOc1cccc2cccnc12)CCS(=O)(=O)Cl. The first-order valence-corrected chi connectivity index (χ1v) is 9.32.